The summed E-state index contributed by atoms with van der Waals surface area (Å²) in [4.78, 5) is 0. The molecule has 0 saturated carbocycles. The standard InChI is InChI=1S/C16H17OP/c1-3-17-18-16-11-9-15(10-12-16)13(2)14-7-5-4-6-8-14/h4-12,18H,2-3H2,1H3. The zero-order valence-electron chi connectivity index (χ0n) is 10.5. The normalized spacial score (nSPS) is 10.9. The molecule has 92 valence electrons. The quantitative estimate of drug-likeness (QED) is 0.735. The van der Waals surface area contributed by atoms with Crippen LogP contribution in [0.3, 0.4) is 0 Å². The monoisotopic (exact) mass is 256 g/mol. The molecule has 2 rings (SSSR count). The highest BCUT2D eigenvalue weighted by Gasteiger charge is 2.01. The number of hydrogen-bond acceptors (Lipinski definition) is 1. The molecule has 1 atom stereocenters. The van der Waals surface area contributed by atoms with Crippen molar-refractivity contribution < 1.29 is 4.52 Å². The average Bonchev–Trinajstić information content (AvgIpc) is 2.46. The third-order valence-corrected chi connectivity index (χ3v) is 3.69. The second-order valence-electron chi connectivity index (χ2n) is 3.96. The van der Waals surface area contributed by atoms with Gasteiger partial charge in [0.2, 0.25) is 0 Å². The van der Waals surface area contributed by atoms with Crippen molar-refractivity contribution in [1.82, 2.24) is 0 Å². The van der Waals surface area contributed by atoms with E-state index >= 15 is 0 Å². The molecule has 0 fully saturated rings. The zero-order chi connectivity index (χ0) is 12.8. The van der Waals surface area contributed by atoms with Gasteiger partial charge < -0.3 is 4.52 Å². The van der Waals surface area contributed by atoms with Crippen LogP contribution in [0.2, 0.25) is 0 Å². The van der Waals surface area contributed by atoms with Crippen LogP contribution in [-0.2, 0) is 4.52 Å². The van der Waals surface area contributed by atoms with Crippen molar-refractivity contribution in [3.8, 4) is 0 Å². The van der Waals surface area contributed by atoms with Crippen molar-refractivity contribution in [3.05, 3.63) is 72.3 Å². The van der Waals surface area contributed by atoms with Crippen LogP contribution in [-0.4, -0.2) is 6.61 Å². The molecule has 0 saturated heterocycles. The topological polar surface area (TPSA) is 9.23 Å². The lowest BCUT2D eigenvalue weighted by atomic mass is 10.00. The molecule has 0 amide bonds. The van der Waals surface area contributed by atoms with Crippen LogP contribution in [0.5, 0.6) is 0 Å². The lowest BCUT2D eigenvalue weighted by Gasteiger charge is -2.07. The summed E-state index contributed by atoms with van der Waals surface area (Å²) in [5.41, 5.74) is 3.38. The number of rotatable bonds is 5. The van der Waals surface area contributed by atoms with Gasteiger partial charge in [0.05, 0.1) is 0 Å². The molecule has 0 spiro atoms. The molecule has 0 heterocycles. The highest BCUT2D eigenvalue weighted by molar-refractivity contribution is 7.41. The molecule has 0 aliphatic heterocycles. The Labute approximate surface area is 110 Å². The molecule has 0 N–H and O–H groups in total. The maximum Gasteiger partial charge on any atom is 0.0481 e. The van der Waals surface area contributed by atoms with Crippen molar-refractivity contribution in [3.63, 3.8) is 0 Å². The van der Waals surface area contributed by atoms with Gasteiger partial charge in [-0.3, -0.25) is 0 Å². The van der Waals surface area contributed by atoms with E-state index < -0.39 is 0 Å². The third kappa shape index (κ3) is 3.29. The summed E-state index contributed by atoms with van der Waals surface area (Å²) < 4.78 is 5.41. The van der Waals surface area contributed by atoms with Crippen molar-refractivity contribution in [1.29, 1.82) is 0 Å². The van der Waals surface area contributed by atoms with Crippen LogP contribution in [0.1, 0.15) is 18.1 Å². The summed E-state index contributed by atoms with van der Waals surface area (Å²) in [5.74, 6) is 0. The summed E-state index contributed by atoms with van der Waals surface area (Å²) in [6.07, 6.45) is 0. The van der Waals surface area contributed by atoms with Crippen molar-refractivity contribution in [2.45, 2.75) is 6.92 Å². The molecule has 1 unspecified atom stereocenters. The zero-order valence-corrected chi connectivity index (χ0v) is 11.5. The number of hydrogen-bond donors (Lipinski definition) is 0. The molecular weight excluding hydrogens is 239 g/mol. The minimum Gasteiger partial charge on any atom is -0.358 e. The minimum absolute atomic E-state index is 0.431. The molecule has 0 aliphatic rings. The average molecular weight is 256 g/mol. The highest BCUT2D eigenvalue weighted by Crippen LogP contribution is 2.21. The maximum absolute atomic E-state index is 5.41. The first-order valence-electron chi connectivity index (χ1n) is 6.04. The molecule has 2 aromatic rings. The Kier molecular flexibility index (Phi) is 4.69. The Morgan fingerprint density at radius 2 is 1.61 bits per heavy atom. The first-order chi connectivity index (χ1) is 8.81. The predicted molar refractivity (Wildman–Crippen MR) is 80.6 cm³/mol. The summed E-state index contributed by atoms with van der Waals surface area (Å²) in [6, 6.07) is 18.7. The van der Waals surface area contributed by atoms with E-state index in [1.807, 2.05) is 25.1 Å². The summed E-state index contributed by atoms with van der Waals surface area (Å²) in [6.45, 7) is 6.93. The van der Waals surface area contributed by atoms with Gasteiger partial charge >= 0.3 is 0 Å². The molecule has 18 heavy (non-hydrogen) atoms. The van der Waals surface area contributed by atoms with Gasteiger partial charge in [-0.25, -0.2) is 0 Å². The predicted octanol–water partition coefficient (Wildman–Crippen LogP) is 4.00. The Morgan fingerprint density at radius 3 is 2.22 bits per heavy atom. The van der Waals surface area contributed by atoms with E-state index in [2.05, 4.69) is 43.0 Å². The molecule has 2 heteroatoms. The molecule has 0 aromatic heterocycles. The fourth-order valence-corrected chi connectivity index (χ4v) is 2.31. The van der Waals surface area contributed by atoms with E-state index in [0.29, 0.717) is 8.81 Å². The number of benzene rings is 2. The Bertz CT molecular complexity index is 502. The van der Waals surface area contributed by atoms with E-state index in [-0.39, 0.29) is 0 Å². The van der Waals surface area contributed by atoms with E-state index in [9.17, 15) is 0 Å². The van der Waals surface area contributed by atoms with Gasteiger partial charge in [0.15, 0.2) is 0 Å². The summed E-state index contributed by atoms with van der Waals surface area (Å²) in [7, 11) is 0.431. The fourth-order valence-electron chi connectivity index (χ4n) is 1.70. The summed E-state index contributed by atoms with van der Waals surface area (Å²) in [5, 5.41) is 1.22. The SMILES string of the molecule is C=C(c1ccccc1)c1ccc(POCC)cc1. The highest BCUT2D eigenvalue weighted by atomic mass is 31.1. The molecule has 1 nitrogen and oxygen atoms in total. The van der Waals surface area contributed by atoms with Gasteiger partial charge in [0, 0.05) is 15.4 Å². The van der Waals surface area contributed by atoms with Crippen molar-refractivity contribution >= 4 is 19.7 Å². The molecule has 0 aliphatic carbocycles. The Morgan fingerprint density at radius 1 is 1.00 bits per heavy atom. The van der Waals surface area contributed by atoms with Gasteiger partial charge in [-0.1, -0.05) is 61.2 Å². The second kappa shape index (κ2) is 6.49. The van der Waals surface area contributed by atoms with Gasteiger partial charge in [-0.2, -0.15) is 0 Å². The fraction of sp³-hybridized carbons (Fsp3) is 0.125. The molecule has 0 bridgehead atoms. The van der Waals surface area contributed by atoms with Gasteiger partial charge in [0.1, 0.15) is 0 Å². The molecule has 0 radical (unpaired) electrons. The van der Waals surface area contributed by atoms with Crippen LogP contribution in [0.15, 0.2) is 61.2 Å². The van der Waals surface area contributed by atoms with Crippen LogP contribution in [0.25, 0.3) is 5.57 Å². The molecular formula is C16H17OP. The summed E-state index contributed by atoms with van der Waals surface area (Å²) >= 11 is 0. The van der Waals surface area contributed by atoms with Crippen molar-refractivity contribution in [2.24, 2.45) is 0 Å². The van der Waals surface area contributed by atoms with Crippen LogP contribution in [0.4, 0.5) is 0 Å². The Balaban J connectivity index is 2.12. The van der Waals surface area contributed by atoms with Gasteiger partial charge in [-0.05, 0) is 28.9 Å². The third-order valence-electron chi connectivity index (χ3n) is 2.69. The van der Waals surface area contributed by atoms with Crippen molar-refractivity contribution in [2.75, 3.05) is 6.61 Å². The van der Waals surface area contributed by atoms with E-state index in [1.165, 1.54) is 5.30 Å². The molecule has 2 aromatic carbocycles. The smallest absolute Gasteiger partial charge is 0.0481 e. The lowest BCUT2D eigenvalue weighted by molar-refractivity contribution is 0.394. The first kappa shape index (κ1) is 13.0. The first-order valence-corrected chi connectivity index (χ1v) is 6.94. The largest absolute Gasteiger partial charge is 0.358 e. The maximum atomic E-state index is 5.41. The van der Waals surface area contributed by atoms with Crippen LogP contribution in [0, 0.1) is 0 Å². The van der Waals surface area contributed by atoms with Gasteiger partial charge in [0.25, 0.3) is 0 Å². The van der Waals surface area contributed by atoms with Crippen LogP contribution >= 0.6 is 8.81 Å². The second-order valence-corrected chi connectivity index (χ2v) is 5.03. The Hall–Kier alpha value is -1.43. The van der Waals surface area contributed by atoms with Crippen LogP contribution < -0.4 is 5.30 Å². The van der Waals surface area contributed by atoms with Gasteiger partial charge in [-0.15, -0.1) is 0 Å². The minimum atomic E-state index is 0.431. The van der Waals surface area contributed by atoms with E-state index in [0.717, 1.165) is 23.3 Å². The lowest BCUT2D eigenvalue weighted by Crippen LogP contribution is -1.96. The van der Waals surface area contributed by atoms with E-state index in [1.54, 1.807) is 0 Å². The van der Waals surface area contributed by atoms with E-state index in [4.69, 9.17) is 4.52 Å².